The smallest absolute Gasteiger partial charge is 0.363 e. The van der Waals surface area contributed by atoms with Gasteiger partial charge in [-0.1, -0.05) is 13.3 Å². The van der Waals surface area contributed by atoms with Gasteiger partial charge in [-0.25, -0.2) is 4.98 Å². The van der Waals surface area contributed by atoms with Crippen molar-refractivity contribution in [2.75, 3.05) is 37.6 Å². The number of piperazine rings is 1. The average molecular weight is 347 g/mol. The fourth-order valence-corrected chi connectivity index (χ4v) is 2.71. The van der Waals surface area contributed by atoms with Crippen molar-refractivity contribution in [1.29, 1.82) is 0 Å². The molecular formula is C15H22F3N4S+. The van der Waals surface area contributed by atoms with Crippen LogP contribution in [0, 0.1) is 0 Å². The molecule has 1 fully saturated rings. The number of unbranched alkanes of at least 4 members (excludes halogenated alkanes) is 1. The molecule has 1 aliphatic rings. The quantitative estimate of drug-likeness (QED) is 0.669. The summed E-state index contributed by atoms with van der Waals surface area (Å²) in [5.41, 5.74) is -0.666. The van der Waals surface area contributed by atoms with Crippen LogP contribution in [0.25, 0.3) is 0 Å². The topological polar surface area (TPSA) is 32.6 Å². The van der Waals surface area contributed by atoms with Gasteiger partial charge in [0.2, 0.25) is 0 Å². The van der Waals surface area contributed by atoms with E-state index in [0.717, 1.165) is 62.9 Å². The number of hydrogen-bond donors (Lipinski definition) is 1. The molecule has 2 heterocycles. The van der Waals surface area contributed by atoms with Crippen LogP contribution < -0.4 is 15.2 Å². The summed E-state index contributed by atoms with van der Waals surface area (Å²) >= 11 is 5.36. The SMILES string of the molecule is CCCCNC(=S)N1CCN(c2ccc(C(F)(F)F)c[nH+]2)CC1. The third kappa shape index (κ3) is 4.95. The number of thiocarbonyl (C=S) groups is 1. The highest BCUT2D eigenvalue weighted by molar-refractivity contribution is 7.80. The van der Waals surface area contributed by atoms with E-state index >= 15 is 0 Å². The fraction of sp³-hybridized carbons (Fsp3) is 0.600. The van der Waals surface area contributed by atoms with Crippen molar-refractivity contribution in [1.82, 2.24) is 10.2 Å². The molecule has 1 aliphatic heterocycles. The van der Waals surface area contributed by atoms with Crippen LogP contribution in [-0.2, 0) is 6.18 Å². The lowest BCUT2D eigenvalue weighted by Gasteiger charge is -2.32. The first-order valence-corrected chi connectivity index (χ1v) is 8.19. The maximum atomic E-state index is 12.6. The van der Waals surface area contributed by atoms with Gasteiger partial charge in [0.1, 0.15) is 19.3 Å². The molecule has 0 unspecified atom stereocenters. The number of aromatic nitrogens is 1. The van der Waals surface area contributed by atoms with Gasteiger partial charge in [0.25, 0.3) is 5.82 Å². The number of nitrogens with zero attached hydrogens (tertiary/aromatic N) is 2. The first kappa shape index (κ1) is 17.8. The number of aromatic amines is 1. The van der Waals surface area contributed by atoms with Crippen LogP contribution in [0.2, 0.25) is 0 Å². The minimum Gasteiger partial charge on any atom is -0.363 e. The minimum absolute atomic E-state index is 0.666. The molecule has 128 valence electrons. The average Bonchev–Trinajstić information content (AvgIpc) is 2.54. The van der Waals surface area contributed by atoms with E-state index in [1.54, 1.807) is 0 Å². The highest BCUT2D eigenvalue weighted by Gasteiger charge is 2.32. The second kappa shape index (κ2) is 7.81. The molecule has 1 aromatic heterocycles. The van der Waals surface area contributed by atoms with Gasteiger partial charge >= 0.3 is 6.18 Å². The molecule has 0 bridgehead atoms. The standard InChI is InChI=1S/C15H21F3N4S/c1-2-3-6-19-14(23)22-9-7-21(8-10-22)13-5-4-12(11-20-13)15(16,17)18/h4-5,11H,2-3,6-10H2,1H3,(H,19,23)/p+1. The zero-order chi connectivity index (χ0) is 16.9. The Morgan fingerprint density at radius 1 is 1.26 bits per heavy atom. The third-order valence-corrected chi connectivity index (χ3v) is 4.24. The molecule has 1 aromatic rings. The summed E-state index contributed by atoms with van der Waals surface area (Å²) in [6.45, 7) is 5.96. The third-order valence-electron chi connectivity index (χ3n) is 3.84. The van der Waals surface area contributed by atoms with Crippen LogP contribution in [0.4, 0.5) is 19.0 Å². The Hall–Kier alpha value is -1.57. The van der Waals surface area contributed by atoms with Gasteiger partial charge in [0.15, 0.2) is 5.11 Å². The zero-order valence-electron chi connectivity index (χ0n) is 13.1. The molecule has 23 heavy (non-hydrogen) atoms. The number of pyridine rings is 1. The number of alkyl halides is 3. The minimum atomic E-state index is -4.32. The van der Waals surface area contributed by atoms with Crippen LogP contribution >= 0.6 is 12.2 Å². The predicted octanol–water partition coefficient (Wildman–Crippen LogP) is 2.32. The molecule has 2 rings (SSSR count). The molecule has 0 saturated carbocycles. The van der Waals surface area contributed by atoms with Gasteiger partial charge < -0.3 is 10.2 Å². The summed E-state index contributed by atoms with van der Waals surface area (Å²) in [6.07, 6.45) is -1.10. The van der Waals surface area contributed by atoms with Crippen LogP contribution in [0.5, 0.6) is 0 Å². The monoisotopic (exact) mass is 347 g/mol. The van der Waals surface area contributed by atoms with Crippen molar-refractivity contribution in [2.45, 2.75) is 25.9 Å². The molecule has 8 heteroatoms. The maximum Gasteiger partial charge on any atom is 0.419 e. The second-order valence-electron chi connectivity index (χ2n) is 5.52. The summed E-state index contributed by atoms with van der Waals surface area (Å²) in [5, 5.41) is 4.00. The van der Waals surface area contributed by atoms with Gasteiger partial charge in [-0.15, -0.1) is 0 Å². The molecule has 0 amide bonds. The summed E-state index contributed by atoms with van der Waals surface area (Å²) < 4.78 is 37.7. The zero-order valence-corrected chi connectivity index (χ0v) is 13.9. The van der Waals surface area contributed by atoms with E-state index in [9.17, 15) is 13.2 Å². The number of halogens is 3. The highest BCUT2D eigenvalue weighted by Crippen LogP contribution is 2.28. The van der Waals surface area contributed by atoms with Crippen molar-refractivity contribution in [3.8, 4) is 0 Å². The number of H-pyrrole nitrogens is 1. The normalized spacial score (nSPS) is 15.7. The summed E-state index contributed by atoms with van der Waals surface area (Å²) in [4.78, 5) is 6.87. The highest BCUT2D eigenvalue weighted by atomic mass is 32.1. The van der Waals surface area contributed by atoms with Crippen LogP contribution in [0.15, 0.2) is 18.3 Å². The molecule has 2 N–H and O–H groups in total. The van der Waals surface area contributed by atoms with E-state index in [1.165, 1.54) is 6.07 Å². The molecule has 1 saturated heterocycles. The van der Waals surface area contributed by atoms with Crippen molar-refractivity contribution < 1.29 is 18.2 Å². The Labute approximate surface area is 139 Å². The lowest BCUT2D eigenvalue weighted by molar-refractivity contribution is -0.367. The summed E-state index contributed by atoms with van der Waals surface area (Å²) in [5.74, 6) is 0.697. The van der Waals surface area contributed by atoms with Gasteiger partial charge in [0.05, 0.1) is 18.7 Å². The van der Waals surface area contributed by atoms with Gasteiger partial charge in [-0.3, -0.25) is 4.90 Å². The van der Waals surface area contributed by atoms with Gasteiger partial charge in [-0.2, -0.15) is 13.2 Å². The van der Waals surface area contributed by atoms with E-state index in [4.69, 9.17) is 12.2 Å². The van der Waals surface area contributed by atoms with Crippen LogP contribution in [0.1, 0.15) is 25.3 Å². The number of rotatable bonds is 4. The van der Waals surface area contributed by atoms with E-state index in [0.29, 0.717) is 5.82 Å². The van der Waals surface area contributed by atoms with E-state index in [1.807, 2.05) is 4.90 Å². The van der Waals surface area contributed by atoms with Crippen molar-refractivity contribution in [3.63, 3.8) is 0 Å². The lowest BCUT2D eigenvalue weighted by atomic mass is 10.2. The fourth-order valence-electron chi connectivity index (χ4n) is 2.42. The van der Waals surface area contributed by atoms with Crippen molar-refractivity contribution >= 4 is 23.1 Å². The molecule has 0 radical (unpaired) electrons. The van der Waals surface area contributed by atoms with E-state index in [-0.39, 0.29) is 0 Å². The van der Waals surface area contributed by atoms with Crippen LogP contribution in [0.3, 0.4) is 0 Å². The second-order valence-corrected chi connectivity index (χ2v) is 5.91. The van der Waals surface area contributed by atoms with E-state index < -0.39 is 11.7 Å². The first-order valence-electron chi connectivity index (χ1n) is 7.78. The largest absolute Gasteiger partial charge is 0.419 e. The summed E-state index contributed by atoms with van der Waals surface area (Å²) in [7, 11) is 0. The molecule has 0 aliphatic carbocycles. The van der Waals surface area contributed by atoms with E-state index in [2.05, 4.69) is 22.1 Å². The van der Waals surface area contributed by atoms with Crippen LogP contribution in [-0.4, -0.2) is 42.7 Å². The Balaban J connectivity index is 1.85. The van der Waals surface area contributed by atoms with Gasteiger partial charge in [0, 0.05) is 12.6 Å². The van der Waals surface area contributed by atoms with Gasteiger partial charge in [-0.05, 0) is 24.7 Å². The Bertz CT molecular complexity index is 510. The molecule has 0 aromatic carbocycles. The Morgan fingerprint density at radius 3 is 2.48 bits per heavy atom. The first-order chi connectivity index (χ1) is 10.9. The van der Waals surface area contributed by atoms with Crippen molar-refractivity contribution in [2.24, 2.45) is 0 Å². The number of anilines is 1. The number of hydrogen-bond acceptors (Lipinski definition) is 2. The molecular weight excluding hydrogens is 325 g/mol. The molecule has 0 spiro atoms. The summed E-state index contributed by atoms with van der Waals surface area (Å²) in [6, 6.07) is 2.59. The number of nitrogens with one attached hydrogen (secondary N) is 2. The maximum absolute atomic E-state index is 12.6. The predicted molar refractivity (Wildman–Crippen MR) is 87.3 cm³/mol. The molecule has 0 atom stereocenters. The Morgan fingerprint density at radius 2 is 1.96 bits per heavy atom. The molecule has 4 nitrogen and oxygen atoms in total. The lowest BCUT2D eigenvalue weighted by Crippen LogP contribution is -2.52. The van der Waals surface area contributed by atoms with Crippen molar-refractivity contribution in [3.05, 3.63) is 23.9 Å². The Kier molecular flexibility index (Phi) is 6.04.